The van der Waals surface area contributed by atoms with Crippen LogP contribution in [0.2, 0.25) is 0 Å². The van der Waals surface area contributed by atoms with Crippen LogP contribution in [0.25, 0.3) is 0 Å². The molecule has 2 rings (SSSR count). The molecule has 1 unspecified atom stereocenters. The fraction of sp³-hybridized carbons (Fsp3) is 0.889. The van der Waals surface area contributed by atoms with Gasteiger partial charge in [-0.3, -0.25) is 0 Å². The number of hydrogen-bond donors (Lipinski definition) is 1. The number of rotatable bonds is 1. The summed E-state index contributed by atoms with van der Waals surface area (Å²) in [7, 11) is 0. The van der Waals surface area contributed by atoms with Crippen molar-refractivity contribution in [3.63, 3.8) is 0 Å². The van der Waals surface area contributed by atoms with Gasteiger partial charge in [0.1, 0.15) is 0 Å². The average Bonchev–Trinajstić information content (AvgIpc) is 2.62. The smallest absolute Gasteiger partial charge is 0.332 e. The maximum atomic E-state index is 10.6. The zero-order valence-electron chi connectivity index (χ0n) is 7.08. The highest BCUT2D eigenvalue weighted by molar-refractivity contribution is 5.72. The van der Waals surface area contributed by atoms with Gasteiger partial charge in [0.05, 0.1) is 6.61 Å². The van der Waals surface area contributed by atoms with Gasteiger partial charge in [0.25, 0.3) is 0 Å². The van der Waals surface area contributed by atoms with Crippen LogP contribution >= 0.6 is 0 Å². The van der Waals surface area contributed by atoms with E-state index in [-0.39, 0.29) is 5.41 Å². The second-order valence-corrected chi connectivity index (χ2v) is 4.05. The lowest BCUT2D eigenvalue weighted by Gasteiger charge is -2.18. The molecule has 1 spiro atoms. The maximum absolute atomic E-state index is 10.6. The Hall–Kier alpha value is -0.570. The van der Waals surface area contributed by atoms with Crippen molar-refractivity contribution < 1.29 is 14.6 Å². The predicted molar refractivity (Wildman–Crippen MR) is 42.9 cm³/mol. The number of ether oxygens (including phenoxy) is 1. The van der Waals surface area contributed by atoms with E-state index in [1.165, 1.54) is 12.8 Å². The lowest BCUT2D eigenvalue weighted by molar-refractivity contribution is -0.147. The molecule has 2 fully saturated rings. The highest BCUT2D eigenvalue weighted by Crippen LogP contribution is 2.46. The SMILES string of the molecule is O=C(O)C1CC2(CCCC2)CO1. The monoisotopic (exact) mass is 170 g/mol. The van der Waals surface area contributed by atoms with Crippen molar-refractivity contribution in [3.8, 4) is 0 Å². The molecule has 0 radical (unpaired) electrons. The van der Waals surface area contributed by atoms with E-state index in [0.29, 0.717) is 6.61 Å². The van der Waals surface area contributed by atoms with Crippen molar-refractivity contribution in [1.82, 2.24) is 0 Å². The van der Waals surface area contributed by atoms with Crippen LogP contribution in [-0.4, -0.2) is 23.8 Å². The summed E-state index contributed by atoms with van der Waals surface area (Å²) in [4.78, 5) is 10.6. The van der Waals surface area contributed by atoms with Crippen LogP contribution in [0.15, 0.2) is 0 Å². The predicted octanol–water partition coefficient (Wildman–Crippen LogP) is 1.42. The Kier molecular flexibility index (Phi) is 1.83. The van der Waals surface area contributed by atoms with Crippen LogP contribution < -0.4 is 0 Å². The molecule has 1 saturated carbocycles. The molecule has 0 aromatic rings. The first-order chi connectivity index (χ1) is 5.72. The van der Waals surface area contributed by atoms with Gasteiger partial charge in [-0.05, 0) is 24.7 Å². The highest BCUT2D eigenvalue weighted by atomic mass is 16.5. The molecule has 68 valence electrons. The fourth-order valence-corrected chi connectivity index (χ4v) is 2.42. The third-order valence-electron chi connectivity index (χ3n) is 3.15. The van der Waals surface area contributed by atoms with Gasteiger partial charge in [-0.15, -0.1) is 0 Å². The topological polar surface area (TPSA) is 46.5 Å². The molecule has 1 atom stereocenters. The van der Waals surface area contributed by atoms with Crippen molar-refractivity contribution in [3.05, 3.63) is 0 Å². The van der Waals surface area contributed by atoms with Gasteiger partial charge in [0.2, 0.25) is 0 Å². The quantitative estimate of drug-likeness (QED) is 0.647. The molecule has 0 aromatic carbocycles. The van der Waals surface area contributed by atoms with Gasteiger partial charge < -0.3 is 9.84 Å². The Morgan fingerprint density at radius 3 is 2.58 bits per heavy atom. The maximum Gasteiger partial charge on any atom is 0.332 e. The minimum atomic E-state index is -0.793. The number of carbonyl (C=O) groups is 1. The summed E-state index contributed by atoms with van der Waals surface area (Å²) in [5.41, 5.74) is 0.239. The van der Waals surface area contributed by atoms with E-state index in [9.17, 15) is 4.79 Å². The number of aliphatic carboxylic acids is 1. The minimum absolute atomic E-state index is 0.239. The Morgan fingerprint density at radius 2 is 2.08 bits per heavy atom. The molecule has 3 nitrogen and oxygen atoms in total. The van der Waals surface area contributed by atoms with E-state index in [1.54, 1.807) is 0 Å². The average molecular weight is 170 g/mol. The Labute approximate surface area is 71.7 Å². The van der Waals surface area contributed by atoms with Crippen LogP contribution in [0.1, 0.15) is 32.1 Å². The summed E-state index contributed by atoms with van der Waals surface area (Å²) in [6, 6.07) is 0. The second kappa shape index (κ2) is 2.73. The Balaban J connectivity index is 2.01. The Morgan fingerprint density at radius 1 is 1.42 bits per heavy atom. The first-order valence-corrected chi connectivity index (χ1v) is 4.56. The van der Waals surface area contributed by atoms with E-state index in [2.05, 4.69) is 0 Å². The molecule has 1 saturated heterocycles. The van der Waals surface area contributed by atoms with Gasteiger partial charge in [-0.25, -0.2) is 4.79 Å². The summed E-state index contributed by atoms with van der Waals surface area (Å²) in [5, 5.41) is 8.73. The first-order valence-electron chi connectivity index (χ1n) is 4.56. The van der Waals surface area contributed by atoms with Gasteiger partial charge >= 0.3 is 5.97 Å². The van der Waals surface area contributed by atoms with Crippen LogP contribution in [0.5, 0.6) is 0 Å². The van der Waals surface area contributed by atoms with E-state index >= 15 is 0 Å². The molecular weight excluding hydrogens is 156 g/mol. The van der Waals surface area contributed by atoms with Crippen LogP contribution in [0.4, 0.5) is 0 Å². The largest absolute Gasteiger partial charge is 0.479 e. The second-order valence-electron chi connectivity index (χ2n) is 4.05. The molecule has 0 amide bonds. The number of carboxylic acids is 1. The zero-order valence-corrected chi connectivity index (χ0v) is 7.08. The van der Waals surface area contributed by atoms with Gasteiger partial charge in [0.15, 0.2) is 6.10 Å². The summed E-state index contributed by atoms with van der Waals surface area (Å²) < 4.78 is 5.25. The van der Waals surface area contributed by atoms with Gasteiger partial charge in [-0.1, -0.05) is 12.8 Å². The van der Waals surface area contributed by atoms with Gasteiger partial charge in [-0.2, -0.15) is 0 Å². The number of carboxylic acid groups (broad SMARTS) is 1. The van der Waals surface area contributed by atoms with Crippen LogP contribution in [0.3, 0.4) is 0 Å². The van der Waals surface area contributed by atoms with E-state index in [0.717, 1.165) is 19.3 Å². The number of hydrogen-bond acceptors (Lipinski definition) is 2. The lowest BCUT2D eigenvalue weighted by atomic mass is 9.84. The molecule has 1 aliphatic carbocycles. The first kappa shape index (κ1) is 8.05. The standard InChI is InChI=1S/C9H14O3/c10-8(11)7-5-9(6-12-7)3-1-2-4-9/h7H,1-6H2,(H,10,11). The summed E-state index contributed by atoms with van der Waals surface area (Å²) in [6.07, 6.45) is 5.03. The lowest BCUT2D eigenvalue weighted by Crippen LogP contribution is -2.20. The molecule has 1 aliphatic heterocycles. The van der Waals surface area contributed by atoms with E-state index in [1.807, 2.05) is 0 Å². The molecule has 1 N–H and O–H groups in total. The van der Waals surface area contributed by atoms with Crippen molar-refractivity contribution in [1.29, 1.82) is 0 Å². The molecule has 2 aliphatic rings. The van der Waals surface area contributed by atoms with Crippen molar-refractivity contribution >= 4 is 5.97 Å². The van der Waals surface area contributed by atoms with E-state index in [4.69, 9.17) is 9.84 Å². The molecule has 0 bridgehead atoms. The zero-order chi connectivity index (χ0) is 8.60. The van der Waals surface area contributed by atoms with Gasteiger partial charge in [0, 0.05) is 0 Å². The van der Waals surface area contributed by atoms with Crippen LogP contribution in [-0.2, 0) is 9.53 Å². The van der Waals surface area contributed by atoms with Crippen molar-refractivity contribution in [2.24, 2.45) is 5.41 Å². The molecule has 1 heterocycles. The summed E-state index contributed by atoms with van der Waals surface area (Å²) in [5.74, 6) is -0.793. The third-order valence-corrected chi connectivity index (χ3v) is 3.15. The van der Waals surface area contributed by atoms with E-state index < -0.39 is 12.1 Å². The highest BCUT2D eigenvalue weighted by Gasteiger charge is 2.44. The van der Waals surface area contributed by atoms with Crippen molar-refractivity contribution in [2.75, 3.05) is 6.61 Å². The fourth-order valence-electron chi connectivity index (χ4n) is 2.42. The Bertz CT molecular complexity index is 194. The molecule has 0 aromatic heterocycles. The summed E-state index contributed by atoms with van der Waals surface area (Å²) >= 11 is 0. The van der Waals surface area contributed by atoms with Crippen LogP contribution in [0, 0.1) is 5.41 Å². The molecular formula is C9H14O3. The summed E-state index contributed by atoms with van der Waals surface area (Å²) in [6.45, 7) is 0.671. The third kappa shape index (κ3) is 1.22. The van der Waals surface area contributed by atoms with Crippen molar-refractivity contribution in [2.45, 2.75) is 38.2 Å². The normalized spacial score (nSPS) is 32.8. The molecule has 12 heavy (non-hydrogen) atoms. The minimum Gasteiger partial charge on any atom is -0.479 e. The molecule has 3 heteroatoms.